The molecule has 112 valence electrons. The van der Waals surface area contributed by atoms with Crippen molar-refractivity contribution in [3.8, 4) is 0 Å². The van der Waals surface area contributed by atoms with Gasteiger partial charge in [-0.1, -0.05) is 19.9 Å². The molecule has 2 aromatic rings. The number of benzene rings is 1. The van der Waals surface area contributed by atoms with Gasteiger partial charge in [-0.15, -0.1) is 0 Å². The molecule has 1 aromatic heterocycles. The lowest BCUT2D eigenvalue weighted by molar-refractivity contribution is 0.754. The minimum Gasteiger partial charge on any atom is -0.342 e. The number of anilines is 2. The molecular formula is C17H24N4. The SMILES string of the molecule is Cc1cc(C)cc(N(C)c2cnc(C(C)C)nc2CN)c1. The summed E-state index contributed by atoms with van der Waals surface area (Å²) in [6.45, 7) is 8.79. The van der Waals surface area contributed by atoms with Crippen LogP contribution in [0.5, 0.6) is 0 Å². The van der Waals surface area contributed by atoms with Gasteiger partial charge < -0.3 is 10.6 Å². The second-order valence-electron chi connectivity index (χ2n) is 5.82. The molecular weight excluding hydrogens is 260 g/mol. The van der Waals surface area contributed by atoms with Crippen molar-refractivity contribution in [2.75, 3.05) is 11.9 Å². The third-order valence-corrected chi connectivity index (χ3v) is 3.53. The molecule has 1 heterocycles. The molecule has 2 N–H and O–H groups in total. The molecule has 21 heavy (non-hydrogen) atoms. The van der Waals surface area contributed by atoms with Crippen molar-refractivity contribution in [2.45, 2.75) is 40.2 Å². The number of nitrogens with zero attached hydrogens (tertiary/aromatic N) is 3. The minimum atomic E-state index is 0.302. The third kappa shape index (κ3) is 3.39. The van der Waals surface area contributed by atoms with Gasteiger partial charge in [-0.2, -0.15) is 0 Å². The van der Waals surface area contributed by atoms with Crippen molar-refractivity contribution in [1.82, 2.24) is 9.97 Å². The summed E-state index contributed by atoms with van der Waals surface area (Å²) in [4.78, 5) is 11.2. The molecule has 4 heteroatoms. The Bertz CT molecular complexity index is 614. The zero-order valence-corrected chi connectivity index (χ0v) is 13.5. The molecule has 4 nitrogen and oxygen atoms in total. The second-order valence-corrected chi connectivity index (χ2v) is 5.82. The average Bonchev–Trinajstić information content (AvgIpc) is 2.44. The predicted octanol–water partition coefficient (Wildman–Crippen LogP) is 3.44. The highest BCUT2D eigenvalue weighted by atomic mass is 15.1. The Kier molecular flexibility index (Phi) is 4.58. The van der Waals surface area contributed by atoms with Gasteiger partial charge in [-0.25, -0.2) is 9.97 Å². The number of hydrogen-bond donors (Lipinski definition) is 1. The fourth-order valence-corrected chi connectivity index (χ4v) is 2.42. The number of hydrogen-bond acceptors (Lipinski definition) is 4. The Morgan fingerprint density at radius 3 is 2.29 bits per heavy atom. The standard InChI is InChI=1S/C17H24N4/c1-11(2)17-19-10-16(15(9-18)20-17)21(5)14-7-12(3)6-13(4)8-14/h6-8,10-11H,9,18H2,1-5H3. The van der Waals surface area contributed by atoms with Crippen LogP contribution in [0.2, 0.25) is 0 Å². The van der Waals surface area contributed by atoms with E-state index in [0.29, 0.717) is 12.5 Å². The summed E-state index contributed by atoms with van der Waals surface area (Å²) in [6, 6.07) is 6.48. The summed E-state index contributed by atoms with van der Waals surface area (Å²) in [5.74, 6) is 1.14. The summed E-state index contributed by atoms with van der Waals surface area (Å²) in [7, 11) is 2.03. The lowest BCUT2D eigenvalue weighted by atomic mass is 10.1. The van der Waals surface area contributed by atoms with Crippen LogP contribution in [0.25, 0.3) is 0 Å². The van der Waals surface area contributed by atoms with Crippen LogP contribution in [0.1, 0.15) is 42.4 Å². The van der Waals surface area contributed by atoms with E-state index in [1.54, 1.807) is 0 Å². The number of rotatable bonds is 4. The van der Waals surface area contributed by atoms with Gasteiger partial charge >= 0.3 is 0 Å². The fraction of sp³-hybridized carbons (Fsp3) is 0.412. The molecule has 0 atom stereocenters. The highest BCUT2D eigenvalue weighted by molar-refractivity contribution is 5.65. The normalized spacial score (nSPS) is 11.0. The Morgan fingerprint density at radius 2 is 1.76 bits per heavy atom. The second kappa shape index (κ2) is 6.22. The van der Waals surface area contributed by atoms with E-state index in [4.69, 9.17) is 5.73 Å². The molecule has 0 aliphatic heterocycles. The molecule has 0 aliphatic rings. The Hall–Kier alpha value is -1.94. The zero-order valence-electron chi connectivity index (χ0n) is 13.5. The molecule has 0 fully saturated rings. The summed E-state index contributed by atoms with van der Waals surface area (Å²) in [6.07, 6.45) is 1.88. The smallest absolute Gasteiger partial charge is 0.131 e. The Balaban J connectivity index is 2.44. The monoisotopic (exact) mass is 284 g/mol. The van der Waals surface area contributed by atoms with Crippen molar-refractivity contribution in [3.05, 3.63) is 47.0 Å². The van der Waals surface area contributed by atoms with E-state index in [2.05, 4.69) is 60.8 Å². The first-order chi connectivity index (χ1) is 9.92. The van der Waals surface area contributed by atoms with Gasteiger partial charge in [0.25, 0.3) is 0 Å². The van der Waals surface area contributed by atoms with E-state index in [0.717, 1.165) is 22.9 Å². The molecule has 0 saturated carbocycles. The van der Waals surface area contributed by atoms with Gasteiger partial charge in [-0.3, -0.25) is 0 Å². The van der Waals surface area contributed by atoms with Crippen LogP contribution in [0, 0.1) is 13.8 Å². The van der Waals surface area contributed by atoms with Crippen LogP contribution in [0.3, 0.4) is 0 Å². The van der Waals surface area contributed by atoms with Crippen LogP contribution in [0.15, 0.2) is 24.4 Å². The average molecular weight is 284 g/mol. The molecule has 0 amide bonds. The molecule has 0 unspecified atom stereocenters. The minimum absolute atomic E-state index is 0.302. The molecule has 1 aromatic carbocycles. The van der Waals surface area contributed by atoms with E-state index in [-0.39, 0.29) is 0 Å². The van der Waals surface area contributed by atoms with Crippen LogP contribution >= 0.6 is 0 Å². The van der Waals surface area contributed by atoms with Crippen molar-refractivity contribution >= 4 is 11.4 Å². The first-order valence-corrected chi connectivity index (χ1v) is 7.30. The highest BCUT2D eigenvalue weighted by Gasteiger charge is 2.13. The lowest BCUT2D eigenvalue weighted by Crippen LogP contribution is -2.17. The van der Waals surface area contributed by atoms with Crippen LogP contribution in [-0.2, 0) is 6.54 Å². The summed E-state index contributed by atoms with van der Waals surface area (Å²) >= 11 is 0. The van der Waals surface area contributed by atoms with E-state index in [9.17, 15) is 0 Å². The maximum absolute atomic E-state index is 5.88. The molecule has 0 aliphatic carbocycles. The van der Waals surface area contributed by atoms with Crippen LogP contribution in [0.4, 0.5) is 11.4 Å². The van der Waals surface area contributed by atoms with Crippen molar-refractivity contribution in [1.29, 1.82) is 0 Å². The summed E-state index contributed by atoms with van der Waals surface area (Å²) in [5, 5.41) is 0. The van der Waals surface area contributed by atoms with Crippen molar-refractivity contribution in [2.24, 2.45) is 5.73 Å². The number of aromatic nitrogens is 2. The van der Waals surface area contributed by atoms with E-state index < -0.39 is 0 Å². The summed E-state index contributed by atoms with van der Waals surface area (Å²) < 4.78 is 0. The lowest BCUT2D eigenvalue weighted by Gasteiger charge is -2.23. The largest absolute Gasteiger partial charge is 0.342 e. The Labute approximate surface area is 127 Å². The van der Waals surface area contributed by atoms with Gasteiger partial charge in [0.1, 0.15) is 5.82 Å². The van der Waals surface area contributed by atoms with E-state index in [1.807, 2.05) is 13.2 Å². The van der Waals surface area contributed by atoms with Crippen LogP contribution < -0.4 is 10.6 Å². The maximum Gasteiger partial charge on any atom is 0.131 e. The molecule has 0 radical (unpaired) electrons. The maximum atomic E-state index is 5.88. The van der Waals surface area contributed by atoms with Gasteiger partial charge in [0, 0.05) is 25.2 Å². The molecule has 0 bridgehead atoms. The fourth-order valence-electron chi connectivity index (χ4n) is 2.42. The van der Waals surface area contributed by atoms with E-state index in [1.165, 1.54) is 11.1 Å². The highest BCUT2D eigenvalue weighted by Crippen LogP contribution is 2.28. The van der Waals surface area contributed by atoms with E-state index >= 15 is 0 Å². The number of nitrogens with two attached hydrogens (primary N) is 1. The first-order valence-electron chi connectivity index (χ1n) is 7.30. The molecule has 0 spiro atoms. The first kappa shape index (κ1) is 15.4. The van der Waals surface area contributed by atoms with Gasteiger partial charge in [0.05, 0.1) is 17.6 Å². The van der Waals surface area contributed by atoms with Crippen molar-refractivity contribution in [3.63, 3.8) is 0 Å². The summed E-state index contributed by atoms with van der Waals surface area (Å²) in [5.41, 5.74) is 11.3. The van der Waals surface area contributed by atoms with Crippen molar-refractivity contribution < 1.29 is 0 Å². The topological polar surface area (TPSA) is 55.0 Å². The van der Waals surface area contributed by atoms with Gasteiger partial charge in [0.2, 0.25) is 0 Å². The number of aryl methyl sites for hydroxylation is 2. The molecule has 2 rings (SSSR count). The van der Waals surface area contributed by atoms with Gasteiger partial charge in [-0.05, 0) is 37.1 Å². The zero-order chi connectivity index (χ0) is 15.6. The quantitative estimate of drug-likeness (QED) is 0.934. The Morgan fingerprint density at radius 1 is 1.14 bits per heavy atom. The predicted molar refractivity (Wildman–Crippen MR) is 88.0 cm³/mol. The van der Waals surface area contributed by atoms with Gasteiger partial charge in [0.15, 0.2) is 0 Å². The molecule has 0 saturated heterocycles. The van der Waals surface area contributed by atoms with Crippen LogP contribution in [-0.4, -0.2) is 17.0 Å². The third-order valence-electron chi connectivity index (χ3n) is 3.53.